The molecule has 0 fully saturated rings. The van der Waals surface area contributed by atoms with Gasteiger partial charge in [0.05, 0.1) is 0 Å². The Bertz CT molecular complexity index is 259. The molecule has 0 atom stereocenters. The second kappa shape index (κ2) is 4.11. The van der Waals surface area contributed by atoms with Gasteiger partial charge in [0, 0.05) is 0 Å². The van der Waals surface area contributed by atoms with E-state index in [4.69, 9.17) is 9.47 Å². The molecule has 0 heterocycles. The first kappa shape index (κ1) is 9.83. The summed E-state index contributed by atoms with van der Waals surface area (Å²) >= 11 is 0.944. The number of hydrogen-bond donors (Lipinski definition) is 0. The van der Waals surface area contributed by atoms with Crippen LogP contribution in [0.4, 0.5) is 0 Å². The fourth-order valence-electron chi connectivity index (χ4n) is 1.04. The van der Waals surface area contributed by atoms with Crippen molar-refractivity contribution in [1.82, 2.24) is 0 Å². The number of rotatable bonds is 2. The van der Waals surface area contributed by atoms with Crippen molar-refractivity contribution in [2.24, 2.45) is 0 Å². The molecule has 0 spiro atoms. The van der Waals surface area contributed by atoms with Crippen LogP contribution in [0.5, 0.6) is 11.5 Å². The minimum atomic E-state index is 0.943. The Morgan fingerprint density at radius 2 is 1.50 bits per heavy atom. The second-order valence-corrected chi connectivity index (χ2v) is 4.49. The van der Waals surface area contributed by atoms with Crippen molar-refractivity contribution >= 4 is 28.9 Å². The van der Waals surface area contributed by atoms with Crippen LogP contribution in [0.15, 0.2) is 12.1 Å². The van der Waals surface area contributed by atoms with Crippen LogP contribution < -0.4 is 12.6 Å². The van der Waals surface area contributed by atoms with Crippen LogP contribution in [0.25, 0.3) is 0 Å². The average molecular weight is 358 g/mol. The van der Waals surface area contributed by atoms with Crippen molar-refractivity contribution in [2.75, 3.05) is 14.2 Å². The molecule has 0 aliphatic rings. The van der Waals surface area contributed by atoms with Crippen LogP contribution in [0, 0.1) is 6.92 Å². The third-order valence-electron chi connectivity index (χ3n) is 1.65. The van der Waals surface area contributed by atoms with Gasteiger partial charge in [-0.25, -0.2) is 0 Å². The molecule has 1 rings (SSSR count). The van der Waals surface area contributed by atoms with Gasteiger partial charge in [0.1, 0.15) is 0 Å². The Morgan fingerprint density at radius 1 is 1.08 bits per heavy atom. The van der Waals surface area contributed by atoms with Gasteiger partial charge in [0.15, 0.2) is 0 Å². The molecule has 3 heteroatoms. The number of ether oxygens (including phenoxy) is 2. The summed E-state index contributed by atoms with van der Waals surface area (Å²) < 4.78 is 11.6. The van der Waals surface area contributed by atoms with Crippen LogP contribution in [-0.2, 0) is 0 Å². The molecule has 1 aromatic rings. The standard InChI is InChI=1S/C9H11O2.Pb/c1-7-4-8(10-2)6-9(5-7)11-3;/h4-5H,1-3H3;. The summed E-state index contributed by atoms with van der Waals surface area (Å²) in [5.41, 5.74) is 1.17. The van der Waals surface area contributed by atoms with E-state index in [1.165, 1.54) is 8.69 Å². The topological polar surface area (TPSA) is 18.5 Å². The average Bonchev–Trinajstić information content (AvgIpc) is 2.08. The first-order valence-corrected chi connectivity index (χ1v) is 5.57. The van der Waals surface area contributed by atoms with E-state index in [0.29, 0.717) is 0 Å². The molecule has 0 saturated carbocycles. The molecule has 0 aromatic heterocycles. The molecule has 0 amide bonds. The maximum atomic E-state index is 5.22. The number of methoxy groups -OCH3 is 2. The Labute approximate surface area is 88.6 Å². The maximum absolute atomic E-state index is 5.22. The van der Waals surface area contributed by atoms with E-state index in [0.717, 1.165) is 37.3 Å². The Hall–Kier alpha value is -0.258. The summed E-state index contributed by atoms with van der Waals surface area (Å²) in [6, 6.07) is 4.07. The molecule has 0 N–H and O–H groups in total. The predicted molar refractivity (Wildman–Crippen MR) is 49.7 cm³/mol. The Morgan fingerprint density at radius 3 is 1.83 bits per heavy atom. The number of aryl methyl sites for hydroxylation is 1. The molecule has 0 aliphatic carbocycles. The molecule has 0 bridgehead atoms. The van der Waals surface area contributed by atoms with E-state index in [-0.39, 0.29) is 0 Å². The van der Waals surface area contributed by atoms with E-state index in [1.807, 2.05) is 19.1 Å². The van der Waals surface area contributed by atoms with Crippen molar-refractivity contribution in [3.63, 3.8) is 0 Å². The summed E-state index contributed by atoms with van der Waals surface area (Å²) in [6.45, 7) is 2.03. The van der Waals surface area contributed by atoms with E-state index >= 15 is 0 Å². The van der Waals surface area contributed by atoms with Gasteiger partial charge < -0.3 is 0 Å². The fraction of sp³-hybridized carbons (Fsp3) is 0.333. The zero-order chi connectivity index (χ0) is 9.14. The summed E-state index contributed by atoms with van der Waals surface area (Å²) in [5.74, 6) is 1.89. The van der Waals surface area contributed by atoms with E-state index in [9.17, 15) is 0 Å². The molecule has 2 nitrogen and oxygen atoms in total. The van der Waals surface area contributed by atoms with E-state index in [2.05, 4.69) is 0 Å². The van der Waals surface area contributed by atoms with Gasteiger partial charge >= 0.3 is 88.7 Å². The van der Waals surface area contributed by atoms with Crippen LogP contribution in [0.3, 0.4) is 0 Å². The molecule has 3 radical (unpaired) electrons. The third-order valence-corrected chi connectivity index (χ3v) is 3.57. The molecule has 12 heavy (non-hydrogen) atoms. The van der Waals surface area contributed by atoms with Crippen LogP contribution in [0.1, 0.15) is 5.56 Å². The van der Waals surface area contributed by atoms with Gasteiger partial charge in [-0.1, -0.05) is 0 Å². The van der Waals surface area contributed by atoms with Crippen molar-refractivity contribution < 1.29 is 9.47 Å². The Balaban J connectivity index is 3.22. The van der Waals surface area contributed by atoms with Gasteiger partial charge in [-0.3, -0.25) is 0 Å². The van der Waals surface area contributed by atoms with Crippen molar-refractivity contribution in [3.05, 3.63) is 17.7 Å². The first-order valence-electron chi connectivity index (χ1n) is 3.63. The number of hydrogen-bond acceptors (Lipinski definition) is 2. The van der Waals surface area contributed by atoms with Crippen LogP contribution in [-0.4, -0.2) is 40.0 Å². The van der Waals surface area contributed by atoms with E-state index in [1.54, 1.807) is 14.2 Å². The second-order valence-electron chi connectivity index (χ2n) is 2.54. The molecular weight excluding hydrogens is 347 g/mol. The third kappa shape index (κ3) is 1.91. The normalized spacial score (nSPS) is 9.67. The summed E-state index contributed by atoms with van der Waals surface area (Å²) in [7, 11) is 3.38. The zero-order valence-corrected chi connectivity index (χ0v) is 11.4. The zero-order valence-electron chi connectivity index (χ0n) is 7.47. The quantitative estimate of drug-likeness (QED) is 0.729. The van der Waals surface area contributed by atoms with Gasteiger partial charge in [-0.2, -0.15) is 0 Å². The molecule has 0 unspecified atom stereocenters. The predicted octanol–water partition coefficient (Wildman–Crippen LogP) is 0.806. The van der Waals surface area contributed by atoms with Gasteiger partial charge in [-0.05, 0) is 0 Å². The van der Waals surface area contributed by atoms with Crippen LogP contribution in [0.2, 0.25) is 0 Å². The summed E-state index contributed by atoms with van der Waals surface area (Å²) in [6.07, 6.45) is 0. The van der Waals surface area contributed by atoms with Gasteiger partial charge in [0.25, 0.3) is 0 Å². The molecule has 0 aliphatic heterocycles. The monoisotopic (exact) mass is 359 g/mol. The van der Waals surface area contributed by atoms with Gasteiger partial charge in [0.2, 0.25) is 0 Å². The van der Waals surface area contributed by atoms with Gasteiger partial charge in [-0.15, -0.1) is 0 Å². The molecule has 0 saturated heterocycles. The first-order chi connectivity index (χ1) is 5.69. The Kier molecular flexibility index (Phi) is 3.37. The van der Waals surface area contributed by atoms with Crippen molar-refractivity contribution in [2.45, 2.75) is 6.92 Å². The number of benzene rings is 1. The van der Waals surface area contributed by atoms with E-state index < -0.39 is 0 Å². The van der Waals surface area contributed by atoms with Crippen molar-refractivity contribution in [3.8, 4) is 11.5 Å². The molecule has 63 valence electrons. The fourth-order valence-corrected chi connectivity index (χ4v) is 2.40. The summed E-state index contributed by atoms with van der Waals surface area (Å²) in [5, 5.41) is 0. The summed E-state index contributed by atoms with van der Waals surface area (Å²) in [4.78, 5) is 0. The SMILES string of the molecule is COc1cc(C)cc(OC)[c]1[Pb]. The molecule has 1 aromatic carbocycles. The van der Waals surface area contributed by atoms with Crippen molar-refractivity contribution in [1.29, 1.82) is 0 Å². The van der Waals surface area contributed by atoms with Crippen LogP contribution >= 0.6 is 0 Å². The molecular formula is C9H11O2Pb. The minimum absolute atomic E-state index is 0.943.